The van der Waals surface area contributed by atoms with Gasteiger partial charge in [0.05, 0.1) is 11.3 Å². The number of hydrogen-bond acceptors (Lipinski definition) is 4. The molecular weight excluding hydrogens is 381 g/mol. The summed E-state index contributed by atoms with van der Waals surface area (Å²) in [5, 5.41) is 10.7. The maximum atomic E-state index is 14.6. The first kappa shape index (κ1) is 18.6. The molecule has 3 aromatic rings. The molecule has 0 amide bonds. The second-order valence-corrected chi connectivity index (χ2v) is 7.51. The van der Waals surface area contributed by atoms with Crippen molar-refractivity contribution >= 4 is 34.3 Å². The van der Waals surface area contributed by atoms with E-state index in [0.29, 0.717) is 35.7 Å². The van der Waals surface area contributed by atoms with Crippen LogP contribution in [-0.2, 0) is 4.79 Å². The van der Waals surface area contributed by atoms with Gasteiger partial charge in [-0.2, -0.15) is 0 Å². The van der Waals surface area contributed by atoms with Gasteiger partial charge in [-0.3, -0.25) is 4.79 Å². The number of fused-ring (bicyclic) bond motifs is 1. The molecule has 0 saturated carbocycles. The molecule has 1 fully saturated rings. The maximum absolute atomic E-state index is 14.6. The van der Waals surface area contributed by atoms with Gasteiger partial charge in [0.25, 0.3) is 0 Å². The van der Waals surface area contributed by atoms with Gasteiger partial charge >= 0.3 is 5.97 Å². The normalized spacial score (nSPS) is 17.1. The number of benzene rings is 2. The first-order valence-electron chi connectivity index (χ1n) is 9.13. The molecule has 1 N–H and O–H groups in total. The van der Waals surface area contributed by atoms with Gasteiger partial charge in [-0.15, -0.1) is 0 Å². The Kier molecular flexibility index (Phi) is 4.89. The Bertz CT molecular complexity index is 1070. The molecule has 4 rings (SSSR count). The molecule has 1 aromatic heterocycles. The minimum Gasteiger partial charge on any atom is -0.481 e. The fourth-order valence-electron chi connectivity index (χ4n) is 3.79. The molecule has 1 aliphatic heterocycles. The summed E-state index contributed by atoms with van der Waals surface area (Å²) in [4.78, 5) is 22.0. The van der Waals surface area contributed by atoms with Gasteiger partial charge in [0.15, 0.2) is 0 Å². The van der Waals surface area contributed by atoms with Crippen LogP contribution >= 0.6 is 11.6 Å². The van der Waals surface area contributed by atoms with Crippen molar-refractivity contribution in [1.29, 1.82) is 0 Å². The number of hydrogen-bond donors (Lipinski definition) is 1. The number of carbonyl (C=O) groups is 1. The number of carboxylic acid groups (broad SMARTS) is 1. The Labute approximate surface area is 166 Å². The number of anilines is 1. The van der Waals surface area contributed by atoms with Crippen LogP contribution in [0.5, 0.6) is 0 Å². The molecule has 1 atom stereocenters. The van der Waals surface area contributed by atoms with Crippen LogP contribution in [0.1, 0.15) is 18.4 Å². The second-order valence-electron chi connectivity index (χ2n) is 7.10. The molecule has 0 bridgehead atoms. The van der Waals surface area contributed by atoms with Crippen LogP contribution in [0.2, 0.25) is 5.02 Å². The highest BCUT2D eigenvalue weighted by Gasteiger charge is 2.28. The van der Waals surface area contributed by atoms with Gasteiger partial charge in [0.1, 0.15) is 23.5 Å². The van der Waals surface area contributed by atoms with E-state index < -0.39 is 17.7 Å². The van der Waals surface area contributed by atoms with Crippen molar-refractivity contribution in [3.63, 3.8) is 0 Å². The highest BCUT2D eigenvalue weighted by Crippen LogP contribution is 2.37. The lowest BCUT2D eigenvalue weighted by Gasteiger charge is -2.32. The van der Waals surface area contributed by atoms with E-state index in [2.05, 4.69) is 9.97 Å². The molecule has 0 radical (unpaired) electrons. The van der Waals surface area contributed by atoms with E-state index in [1.165, 1.54) is 12.4 Å². The Hall–Kier alpha value is -2.73. The maximum Gasteiger partial charge on any atom is 0.308 e. The van der Waals surface area contributed by atoms with Crippen molar-refractivity contribution in [3.05, 3.63) is 53.1 Å². The highest BCUT2D eigenvalue weighted by molar-refractivity contribution is 6.31. The highest BCUT2D eigenvalue weighted by atomic mass is 35.5. The minimum absolute atomic E-state index is 0.229. The van der Waals surface area contributed by atoms with Gasteiger partial charge in [-0.05, 0) is 54.7 Å². The van der Waals surface area contributed by atoms with Gasteiger partial charge in [-0.25, -0.2) is 14.4 Å². The molecular formula is C21H19ClFN3O2. The monoisotopic (exact) mass is 399 g/mol. The van der Waals surface area contributed by atoms with E-state index in [1.807, 2.05) is 30.0 Å². The molecule has 28 heavy (non-hydrogen) atoms. The van der Waals surface area contributed by atoms with Gasteiger partial charge in [-0.1, -0.05) is 23.7 Å². The zero-order valence-electron chi connectivity index (χ0n) is 15.3. The van der Waals surface area contributed by atoms with E-state index in [-0.39, 0.29) is 5.52 Å². The molecule has 7 heteroatoms. The van der Waals surface area contributed by atoms with Crippen molar-refractivity contribution in [2.24, 2.45) is 5.92 Å². The van der Waals surface area contributed by atoms with Crippen LogP contribution in [0.3, 0.4) is 0 Å². The number of aryl methyl sites for hydroxylation is 1. The van der Waals surface area contributed by atoms with E-state index in [9.17, 15) is 14.3 Å². The van der Waals surface area contributed by atoms with Crippen LogP contribution in [-0.4, -0.2) is 34.1 Å². The molecule has 2 heterocycles. The van der Waals surface area contributed by atoms with Crippen LogP contribution < -0.4 is 4.90 Å². The average Bonchev–Trinajstić information content (AvgIpc) is 2.70. The molecule has 144 valence electrons. The van der Waals surface area contributed by atoms with Crippen molar-refractivity contribution in [3.8, 4) is 11.1 Å². The number of carboxylic acids is 1. The summed E-state index contributed by atoms with van der Waals surface area (Å²) in [5.74, 6) is -1.14. The third kappa shape index (κ3) is 3.29. The summed E-state index contributed by atoms with van der Waals surface area (Å²) in [5.41, 5.74) is 2.82. The van der Waals surface area contributed by atoms with Crippen molar-refractivity contribution in [2.45, 2.75) is 19.8 Å². The predicted octanol–water partition coefficient (Wildman–Crippen LogP) is 4.70. The Morgan fingerprint density at radius 2 is 2.11 bits per heavy atom. The lowest BCUT2D eigenvalue weighted by atomic mass is 9.96. The molecule has 1 saturated heterocycles. The van der Waals surface area contributed by atoms with Crippen LogP contribution in [0.15, 0.2) is 36.7 Å². The Morgan fingerprint density at radius 1 is 1.29 bits per heavy atom. The van der Waals surface area contributed by atoms with Gasteiger partial charge in [0, 0.05) is 18.1 Å². The molecule has 0 aliphatic carbocycles. The zero-order chi connectivity index (χ0) is 19.8. The van der Waals surface area contributed by atoms with E-state index in [0.717, 1.165) is 23.1 Å². The smallest absolute Gasteiger partial charge is 0.308 e. The Morgan fingerprint density at radius 3 is 2.86 bits per heavy atom. The summed E-state index contributed by atoms with van der Waals surface area (Å²) in [6.45, 7) is 2.93. The first-order chi connectivity index (χ1) is 13.5. The fraction of sp³-hybridized carbons (Fsp3) is 0.286. The number of halogens is 2. The summed E-state index contributed by atoms with van der Waals surface area (Å²) < 4.78 is 14.6. The molecule has 2 aromatic carbocycles. The number of aromatic nitrogens is 2. The van der Waals surface area contributed by atoms with Crippen molar-refractivity contribution in [1.82, 2.24) is 9.97 Å². The lowest BCUT2D eigenvalue weighted by molar-refractivity contribution is -0.141. The van der Waals surface area contributed by atoms with E-state index in [4.69, 9.17) is 11.6 Å². The number of piperidine rings is 1. The number of aliphatic carboxylic acids is 1. The average molecular weight is 400 g/mol. The van der Waals surface area contributed by atoms with Gasteiger partial charge < -0.3 is 10.0 Å². The predicted molar refractivity (Wildman–Crippen MR) is 107 cm³/mol. The van der Waals surface area contributed by atoms with Crippen molar-refractivity contribution < 1.29 is 14.3 Å². The third-order valence-electron chi connectivity index (χ3n) is 5.26. The largest absolute Gasteiger partial charge is 0.481 e. The Balaban J connectivity index is 1.91. The standard InChI is InChI=1S/C21H19ClFN3O2/c1-12-9-13(4-6-16(12)22)15-5-7-17(23)19-18(15)20(25-11-24-19)26-8-2-3-14(10-26)21(27)28/h4-7,9,11,14H,2-3,8,10H2,1H3,(H,27,28). The van der Waals surface area contributed by atoms with Crippen LogP contribution in [0.25, 0.3) is 22.0 Å². The van der Waals surface area contributed by atoms with Crippen molar-refractivity contribution in [2.75, 3.05) is 18.0 Å². The zero-order valence-corrected chi connectivity index (χ0v) is 16.1. The SMILES string of the molecule is Cc1cc(-c2ccc(F)c3ncnc(N4CCCC(C(=O)O)C4)c23)ccc1Cl. The number of nitrogens with zero attached hydrogens (tertiary/aromatic N) is 3. The fourth-order valence-corrected chi connectivity index (χ4v) is 3.91. The van der Waals surface area contributed by atoms with E-state index in [1.54, 1.807) is 6.07 Å². The van der Waals surface area contributed by atoms with Gasteiger partial charge in [0.2, 0.25) is 0 Å². The van der Waals surface area contributed by atoms with Crippen LogP contribution in [0, 0.1) is 18.7 Å². The minimum atomic E-state index is -0.817. The summed E-state index contributed by atoms with van der Waals surface area (Å²) in [6.07, 6.45) is 2.71. The first-order valence-corrected chi connectivity index (χ1v) is 9.51. The molecule has 1 aliphatic rings. The van der Waals surface area contributed by atoms with Crippen LogP contribution in [0.4, 0.5) is 10.2 Å². The topological polar surface area (TPSA) is 66.3 Å². The quantitative estimate of drug-likeness (QED) is 0.691. The summed E-state index contributed by atoms with van der Waals surface area (Å²) >= 11 is 6.16. The second kappa shape index (κ2) is 7.36. The molecule has 1 unspecified atom stereocenters. The molecule has 0 spiro atoms. The molecule has 5 nitrogen and oxygen atoms in total. The lowest BCUT2D eigenvalue weighted by Crippen LogP contribution is -2.39. The summed E-state index contributed by atoms with van der Waals surface area (Å²) in [6, 6.07) is 8.75. The number of rotatable bonds is 3. The van der Waals surface area contributed by atoms with E-state index >= 15 is 0 Å². The summed E-state index contributed by atoms with van der Waals surface area (Å²) in [7, 11) is 0. The third-order valence-corrected chi connectivity index (χ3v) is 5.68.